The summed E-state index contributed by atoms with van der Waals surface area (Å²) < 4.78 is 98.3. The zero-order chi connectivity index (χ0) is 47.1. The van der Waals surface area contributed by atoms with Crippen molar-refractivity contribution in [2.75, 3.05) is 21.7 Å². The first-order valence-electron chi connectivity index (χ1n) is 21.1. The topological polar surface area (TPSA) is 149 Å². The molecule has 0 aliphatic heterocycles. The number of nitrogens with zero attached hydrogens (tertiary/aromatic N) is 2. The third-order valence-electron chi connectivity index (χ3n) is 10.6. The van der Waals surface area contributed by atoms with Crippen LogP contribution in [0.25, 0.3) is 0 Å². The van der Waals surface area contributed by atoms with Crippen molar-refractivity contribution in [3.05, 3.63) is 190 Å². The zero-order valence-electron chi connectivity index (χ0n) is 36.0. The Bertz CT molecular complexity index is 2790. The first-order chi connectivity index (χ1) is 31.1. The van der Waals surface area contributed by atoms with E-state index in [0.29, 0.717) is 56.0 Å². The summed E-state index contributed by atoms with van der Waals surface area (Å²) in [6.07, 6.45) is 4.94. The minimum atomic E-state index is -4.27. The molecular weight excluding hydrogens is 878 g/mol. The maximum atomic E-state index is 14.4. The van der Waals surface area contributed by atoms with Crippen molar-refractivity contribution in [1.82, 2.24) is 0 Å². The Balaban J connectivity index is 0.000000244. The standard InChI is InChI=1S/C25H25F2NO4S.C25H26FNO4S/c1-2-3-16-28(33(31,32)24-15-14-21(26)17-22(24)27)23-7-5-4-6-19(23)11-8-18-9-12-20(13-10-18)25(29)30;1-2-3-18-27(32(30,31)24-11-7-5-9-22(24)26)23-10-6-4-8-20(23)15-12-19-13-16-21(17-14-19)25(28)29/h4-7,9-10,12-15,17H,2-3,8,11,16H2,1H3,(H,29,30);4-11,13-14,16-17H,2-3,12,15,18H2,1H3,(H,28,29). The van der Waals surface area contributed by atoms with Crippen LogP contribution in [0.3, 0.4) is 0 Å². The van der Waals surface area contributed by atoms with Gasteiger partial charge in [-0.25, -0.2) is 39.6 Å². The molecule has 342 valence electrons. The van der Waals surface area contributed by atoms with Crippen molar-refractivity contribution < 1.29 is 49.8 Å². The monoisotopic (exact) mass is 928 g/mol. The number of rotatable bonds is 20. The minimum absolute atomic E-state index is 0.153. The second-order valence-electron chi connectivity index (χ2n) is 15.1. The van der Waals surface area contributed by atoms with E-state index in [9.17, 15) is 39.6 Å². The van der Waals surface area contributed by atoms with Crippen LogP contribution in [0.1, 0.15) is 82.5 Å². The summed E-state index contributed by atoms with van der Waals surface area (Å²) >= 11 is 0. The first kappa shape index (κ1) is 49.6. The van der Waals surface area contributed by atoms with Crippen LogP contribution in [0.4, 0.5) is 24.5 Å². The van der Waals surface area contributed by atoms with Gasteiger partial charge in [0.2, 0.25) is 0 Å². The van der Waals surface area contributed by atoms with Crippen LogP contribution in [0.2, 0.25) is 0 Å². The molecule has 0 aliphatic carbocycles. The number of aromatic carboxylic acids is 2. The number of unbranched alkanes of at least 4 members (excludes halogenated alkanes) is 2. The summed E-state index contributed by atoms with van der Waals surface area (Å²) in [6, 6.07) is 35.3. The maximum Gasteiger partial charge on any atom is 0.335 e. The second kappa shape index (κ2) is 22.9. The van der Waals surface area contributed by atoms with Gasteiger partial charge in [-0.1, -0.05) is 99.5 Å². The Morgan fingerprint density at radius 2 is 0.892 bits per heavy atom. The Morgan fingerprint density at radius 3 is 1.29 bits per heavy atom. The molecule has 0 fully saturated rings. The number of benzene rings is 6. The molecule has 2 N–H and O–H groups in total. The average Bonchev–Trinajstić information content (AvgIpc) is 3.29. The molecule has 6 aromatic carbocycles. The molecule has 6 aromatic rings. The highest BCUT2D eigenvalue weighted by Crippen LogP contribution is 2.32. The van der Waals surface area contributed by atoms with Gasteiger partial charge >= 0.3 is 11.9 Å². The predicted molar refractivity (Wildman–Crippen MR) is 246 cm³/mol. The van der Waals surface area contributed by atoms with Crippen LogP contribution in [0.5, 0.6) is 0 Å². The molecule has 15 heteroatoms. The highest BCUT2D eigenvalue weighted by Gasteiger charge is 2.30. The first-order valence-corrected chi connectivity index (χ1v) is 24.0. The fourth-order valence-electron chi connectivity index (χ4n) is 7.04. The minimum Gasteiger partial charge on any atom is -0.478 e. The summed E-state index contributed by atoms with van der Waals surface area (Å²) in [6.45, 7) is 4.30. The number of para-hydroxylation sites is 2. The molecule has 0 bridgehead atoms. The Labute approximate surface area is 378 Å². The lowest BCUT2D eigenvalue weighted by molar-refractivity contribution is 0.0686. The highest BCUT2D eigenvalue weighted by atomic mass is 32.2. The normalized spacial score (nSPS) is 11.3. The van der Waals surface area contributed by atoms with Gasteiger partial charge in [-0.2, -0.15) is 0 Å². The van der Waals surface area contributed by atoms with Crippen molar-refractivity contribution in [2.24, 2.45) is 0 Å². The van der Waals surface area contributed by atoms with Gasteiger partial charge in [0.05, 0.1) is 22.5 Å². The van der Waals surface area contributed by atoms with Crippen LogP contribution in [-0.2, 0) is 45.7 Å². The number of sulfonamides is 2. The van der Waals surface area contributed by atoms with Gasteiger partial charge in [0.25, 0.3) is 20.0 Å². The van der Waals surface area contributed by atoms with E-state index >= 15 is 0 Å². The number of carboxylic acid groups (broad SMARTS) is 2. The molecule has 0 spiro atoms. The average molecular weight is 929 g/mol. The molecule has 0 saturated carbocycles. The SMILES string of the molecule is CCCCN(c1ccccc1CCc1ccc(C(=O)O)cc1)S(=O)(=O)c1ccc(F)cc1F.CCCCN(c1ccccc1CCc1ccc(C(=O)O)cc1)S(=O)(=O)c1ccccc1F. The zero-order valence-corrected chi connectivity index (χ0v) is 37.7. The number of carboxylic acids is 2. The molecule has 65 heavy (non-hydrogen) atoms. The molecule has 0 saturated heterocycles. The Kier molecular flexibility index (Phi) is 17.5. The number of anilines is 2. The van der Waals surface area contributed by atoms with Gasteiger partial charge in [-0.3, -0.25) is 8.61 Å². The lowest BCUT2D eigenvalue weighted by Gasteiger charge is -2.27. The van der Waals surface area contributed by atoms with Gasteiger partial charge in [0.1, 0.15) is 27.2 Å². The number of carbonyl (C=O) groups is 2. The largest absolute Gasteiger partial charge is 0.478 e. The summed E-state index contributed by atoms with van der Waals surface area (Å²) in [7, 11) is -8.35. The molecule has 0 unspecified atom stereocenters. The van der Waals surface area contributed by atoms with Gasteiger partial charge in [0.15, 0.2) is 0 Å². The molecular formula is C50H51F3N2O8S2. The van der Waals surface area contributed by atoms with Crippen molar-refractivity contribution in [3.63, 3.8) is 0 Å². The molecule has 0 heterocycles. The highest BCUT2D eigenvalue weighted by molar-refractivity contribution is 7.93. The van der Waals surface area contributed by atoms with Gasteiger partial charge in [-0.05, 0) is 121 Å². The number of aryl methyl sites for hydroxylation is 4. The summed E-state index contributed by atoms with van der Waals surface area (Å²) in [5.41, 5.74) is 4.81. The van der Waals surface area contributed by atoms with E-state index in [1.165, 1.54) is 38.9 Å². The fourth-order valence-corrected chi connectivity index (χ4v) is 10.2. The summed E-state index contributed by atoms with van der Waals surface area (Å²) in [5, 5.41) is 18.1. The molecule has 0 amide bonds. The lowest BCUT2D eigenvalue weighted by atomic mass is 10.0. The van der Waals surface area contributed by atoms with Crippen LogP contribution in [0, 0.1) is 17.5 Å². The third kappa shape index (κ3) is 12.9. The number of hydrogen-bond donors (Lipinski definition) is 2. The molecule has 0 aliphatic rings. The van der Waals surface area contributed by atoms with Crippen molar-refractivity contribution in [2.45, 2.75) is 75.0 Å². The van der Waals surface area contributed by atoms with E-state index < -0.39 is 54.3 Å². The third-order valence-corrected chi connectivity index (χ3v) is 14.3. The molecule has 10 nitrogen and oxygen atoms in total. The Hall–Kier alpha value is -6.45. The van der Waals surface area contributed by atoms with Gasteiger partial charge in [-0.15, -0.1) is 0 Å². The van der Waals surface area contributed by atoms with Gasteiger partial charge < -0.3 is 10.2 Å². The lowest BCUT2D eigenvalue weighted by Crippen LogP contribution is -2.33. The maximum absolute atomic E-state index is 14.4. The van der Waals surface area contributed by atoms with E-state index in [2.05, 4.69) is 0 Å². The molecule has 0 aromatic heterocycles. The fraction of sp³-hybridized carbons (Fsp3) is 0.240. The van der Waals surface area contributed by atoms with Crippen LogP contribution in [0.15, 0.2) is 149 Å². The molecule has 6 rings (SSSR count). The summed E-state index contributed by atoms with van der Waals surface area (Å²) in [4.78, 5) is 21.2. The van der Waals surface area contributed by atoms with E-state index in [1.807, 2.05) is 32.0 Å². The van der Waals surface area contributed by atoms with E-state index in [1.54, 1.807) is 66.7 Å². The second-order valence-corrected chi connectivity index (χ2v) is 18.8. The number of hydrogen-bond acceptors (Lipinski definition) is 6. The van der Waals surface area contributed by atoms with Crippen LogP contribution >= 0.6 is 0 Å². The van der Waals surface area contributed by atoms with E-state index in [0.717, 1.165) is 53.3 Å². The van der Waals surface area contributed by atoms with Crippen LogP contribution in [-0.4, -0.2) is 52.1 Å². The van der Waals surface area contributed by atoms with Crippen molar-refractivity contribution >= 4 is 43.4 Å². The molecule has 0 radical (unpaired) electrons. The summed E-state index contributed by atoms with van der Waals surface area (Å²) in [5.74, 6) is -4.73. The van der Waals surface area contributed by atoms with Crippen molar-refractivity contribution in [3.8, 4) is 0 Å². The molecule has 0 atom stereocenters. The van der Waals surface area contributed by atoms with E-state index in [4.69, 9.17) is 10.2 Å². The van der Waals surface area contributed by atoms with Gasteiger partial charge in [0, 0.05) is 19.2 Å². The predicted octanol–water partition coefficient (Wildman–Crippen LogP) is 10.7. The van der Waals surface area contributed by atoms with Crippen LogP contribution < -0.4 is 8.61 Å². The Morgan fingerprint density at radius 1 is 0.492 bits per heavy atom. The van der Waals surface area contributed by atoms with E-state index in [-0.39, 0.29) is 29.1 Å². The quantitative estimate of drug-likeness (QED) is 0.0768. The smallest absolute Gasteiger partial charge is 0.335 e. The number of halogens is 3. The van der Waals surface area contributed by atoms with Crippen molar-refractivity contribution in [1.29, 1.82) is 0 Å².